The smallest absolute Gasteiger partial charge is 0.322 e. The van der Waals surface area contributed by atoms with E-state index in [-0.39, 0.29) is 10.8 Å². The standard InChI is InChI=1S/C13H19NO4S/c1-8(2)12(13(15)16)14-19(17,18)11-6-9(3)5-10(4)7-11/h5-8,12,14H,1-4H3,(H,15,16)/t12-/m0/s1. The van der Waals surface area contributed by atoms with Gasteiger partial charge in [0.05, 0.1) is 4.90 Å². The minimum atomic E-state index is -3.83. The molecule has 0 bridgehead atoms. The lowest BCUT2D eigenvalue weighted by atomic mass is 10.1. The van der Waals surface area contributed by atoms with Crippen LogP contribution in [0.5, 0.6) is 0 Å². The molecular weight excluding hydrogens is 266 g/mol. The van der Waals surface area contributed by atoms with Crippen molar-refractivity contribution in [3.8, 4) is 0 Å². The van der Waals surface area contributed by atoms with Crippen LogP contribution in [0.3, 0.4) is 0 Å². The van der Waals surface area contributed by atoms with Gasteiger partial charge in [0.25, 0.3) is 0 Å². The molecule has 0 unspecified atom stereocenters. The monoisotopic (exact) mass is 285 g/mol. The number of rotatable bonds is 5. The molecule has 0 amide bonds. The largest absolute Gasteiger partial charge is 0.480 e. The zero-order chi connectivity index (χ0) is 14.8. The average Bonchev–Trinajstić information content (AvgIpc) is 2.23. The second-order valence-electron chi connectivity index (χ2n) is 5.00. The second kappa shape index (κ2) is 5.71. The first-order valence-electron chi connectivity index (χ1n) is 5.97. The summed E-state index contributed by atoms with van der Waals surface area (Å²) in [7, 11) is -3.83. The minimum Gasteiger partial charge on any atom is -0.480 e. The topological polar surface area (TPSA) is 83.5 Å². The van der Waals surface area contributed by atoms with Gasteiger partial charge in [-0.1, -0.05) is 19.9 Å². The molecule has 6 heteroatoms. The van der Waals surface area contributed by atoms with Crippen LogP contribution in [0.4, 0.5) is 0 Å². The van der Waals surface area contributed by atoms with E-state index in [1.807, 2.05) is 6.07 Å². The van der Waals surface area contributed by atoms with Gasteiger partial charge in [0.1, 0.15) is 6.04 Å². The number of carboxylic acids is 1. The summed E-state index contributed by atoms with van der Waals surface area (Å²) >= 11 is 0. The second-order valence-corrected chi connectivity index (χ2v) is 6.72. The first kappa shape index (κ1) is 15.7. The summed E-state index contributed by atoms with van der Waals surface area (Å²) in [5.74, 6) is -1.51. The predicted octanol–water partition coefficient (Wildman–Crippen LogP) is 1.69. The van der Waals surface area contributed by atoms with Crippen LogP contribution >= 0.6 is 0 Å². The summed E-state index contributed by atoms with van der Waals surface area (Å²) < 4.78 is 26.6. The van der Waals surface area contributed by atoms with Crippen LogP contribution in [0.2, 0.25) is 0 Å². The first-order valence-corrected chi connectivity index (χ1v) is 7.45. The van der Waals surface area contributed by atoms with Gasteiger partial charge in [-0.15, -0.1) is 0 Å². The Balaban J connectivity index is 3.13. The Labute approximate surface area is 113 Å². The molecule has 1 rings (SSSR count). The highest BCUT2D eigenvalue weighted by Gasteiger charge is 2.28. The summed E-state index contributed by atoms with van der Waals surface area (Å²) in [6, 6.07) is 3.77. The maximum absolute atomic E-state index is 12.2. The van der Waals surface area contributed by atoms with Crippen LogP contribution < -0.4 is 4.72 Å². The molecule has 1 atom stereocenters. The van der Waals surface area contributed by atoms with Crippen LogP contribution in [-0.2, 0) is 14.8 Å². The van der Waals surface area contributed by atoms with Crippen molar-refractivity contribution in [3.05, 3.63) is 29.3 Å². The molecule has 0 aromatic heterocycles. The Morgan fingerprint density at radius 3 is 2.00 bits per heavy atom. The van der Waals surface area contributed by atoms with Crippen LogP contribution in [0.1, 0.15) is 25.0 Å². The summed E-state index contributed by atoms with van der Waals surface area (Å²) in [5, 5.41) is 9.04. The quantitative estimate of drug-likeness (QED) is 0.862. The number of hydrogen-bond donors (Lipinski definition) is 2. The zero-order valence-corrected chi connectivity index (χ0v) is 12.3. The number of sulfonamides is 1. The predicted molar refractivity (Wildman–Crippen MR) is 72.5 cm³/mol. The summed E-state index contributed by atoms with van der Waals surface area (Å²) in [5.41, 5.74) is 1.63. The van der Waals surface area contributed by atoms with Crippen molar-refractivity contribution in [1.82, 2.24) is 4.72 Å². The highest BCUT2D eigenvalue weighted by Crippen LogP contribution is 2.16. The lowest BCUT2D eigenvalue weighted by Gasteiger charge is -2.18. The Kier molecular flexibility index (Phi) is 4.70. The van der Waals surface area contributed by atoms with E-state index in [1.165, 1.54) is 12.1 Å². The Hall–Kier alpha value is -1.40. The molecule has 0 saturated carbocycles. The van der Waals surface area contributed by atoms with E-state index in [4.69, 9.17) is 5.11 Å². The van der Waals surface area contributed by atoms with Crippen molar-refractivity contribution in [2.75, 3.05) is 0 Å². The molecule has 0 fully saturated rings. The van der Waals surface area contributed by atoms with Gasteiger partial charge in [-0.25, -0.2) is 8.42 Å². The van der Waals surface area contributed by atoms with Crippen molar-refractivity contribution in [2.24, 2.45) is 5.92 Å². The maximum Gasteiger partial charge on any atom is 0.322 e. The Bertz CT molecular complexity index is 558. The zero-order valence-electron chi connectivity index (χ0n) is 11.5. The molecule has 1 aromatic rings. The van der Waals surface area contributed by atoms with Crippen molar-refractivity contribution < 1.29 is 18.3 Å². The molecule has 0 saturated heterocycles. The lowest BCUT2D eigenvalue weighted by Crippen LogP contribution is -2.44. The van der Waals surface area contributed by atoms with Crippen molar-refractivity contribution >= 4 is 16.0 Å². The van der Waals surface area contributed by atoms with Crippen LogP contribution in [0, 0.1) is 19.8 Å². The molecule has 0 aliphatic carbocycles. The highest BCUT2D eigenvalue weighted by molar-refractivity contribution is 7.89. The SMILES string of the molecule is Cc1cc(C)cc(S(=O)(=O)N[C@H](C(=O)O)C(C)C)c1. The Morgan fingerprint density at radius 2 is 1.63 bits per heavy atom. The van der Waals surface area contributed by atoms with Crippen molar-refractivity contribution in [2.45, 2.75) is 38.6 Å². The number of hydrogen-bond acceptors (Lipinski definition) is 3. The van der Waals surface area contributed by atoms with Gasteiger partial charge >= 0.3 is 5.97 Å². The van der Waals surface area contributed by atoms with Crippen LogP contribution in [0.25, 0.3) is 0 Å². The van der Waals surface area contributed by atoms with Gasteiger partial charge < -0.3 is 5.11 Å². The fourth-order valence-corrected chi connectivity index (χ4v) is 3.32. The van der Waals surface area contributed by atoms with E-state index in [0.717, 1.165) is 11.1 Å². The summed E-state index contributed by atoms with van der Waals surface area (Å²) in [4.78, 5) is 11.2. The third-order valence-corrected chi connectivity index (χ3v) is 4.14. The number of carbonyl (C=O) groups is 1. The molecule has 0 aliphatic heterocycles. The van der Waals surface area contributed by atoms with Gasteiger partial charge in [0.2, 0.25) is 10.0 Å². The number of nitrogens with one attached hydrogen (secondary N) is 1. The third kappa shape index (κ3) is 4.04. The first-order chi connectivity index (χ1) is 8.63. The summed E-state index contributed by atoms with van der Waals surface area (Å²) in [6.45, 7) is 6.90. The lowest BCUT2D eigenvalue weighted by molar-refractivity contribution is -0.140. The van der Waals surface area contributed by atoms with E-state index in [9.17, 15) is 13.2 Å². The summed E-state index contributed by atoms with van der Waals surface area (Å²) in [6.07, 6.45) is 0. The molecule has 19 heavy (non-hydrogen) atoms. The Morgan fingerprint density at radius 1 is 1.16 bits per heavy atom. The fourth-order valence-electron chi connectivity index (χ4n) is 1.79. The van der Waals surface area contributed by atoms with E-state index in [1.54, 1.807) is 27.7 Å². The molecule has 2 N–H and O–H groups in total. The van der Waals surface area contributed by atoms with Gasteiger partial charge in [-0.05, 0) is 43.0 Å². The highest BCUT2D eigenvalue weighted by atomic mass is 32.2. The van der Waals surface area contributed by atoms with Gasteiger partial charge in [-0.2, -0.15) is 4.72 Å². The molecule has 0 radical (unpaired) electrons. The molecule has 5 nitrogen and oxygen atoms in total. The molecule has 1 aromatic carbocycles. The molecule has 106 valence electrons. The van der Waals surface area contributed by atoms with Gasteiger partial charge in [0.15, 0.2) is 0 Å². The van der Waals surface area contributed by atoms with Crippen LogP contribution in [0.15, 0.2) is 23.1 Å². The molecule has 0 spiro atoms. The fraction of sp³-hybridized carbons (Fsp3) is 0.462. The number of aliphatic carboxylic acids is 1. The van der Waals surface area contributed by atoms with E-state index in [0.29, 0.717) is 0 Å². The molecular formula is C13H19NO4S. The number of benzene rings is 1. The van der Waals surface area contributed by atoms with Crippen LogP contribution in [-0.4, -0.2) is 25.5 Å². The van der Waals surface area contributed by atoms with Crippen molar-refractivity contribution in [1.29, 1.82) is 0 Å². The number of carboxylic acid groups (broad SMARTS) is 1. The average molecular weight is 285 g/mol. The minimum absolute atomic E-state index is 0.0944. The van der Waals surface area contributed by atoms with E-state index < -0.39 is 22.0 Å². The molecule has 0 heterocycles. The van der Waals surface area contributed by atoms with E-state index in [2.05, 4.69) is 4.72 Å². The van der Waals surface area contributed by atoms with Crippen molar-refractivity contribution in [3.63, 3.8) is 0 Å². The molecule has 0 aliphatic rings. The number of aryl methyl sites for hydroxylation is 2. The van der Waals surface area contributed by atoms with E-state index >= 15 is 0 Å². The maximum atomic E-state index is 12.2. The van der Waals surface area contributed by atoms with Gasteiger partial charge in [0, 0.05) is 0 Å². The van der Waals surface area contributed by atoms with Gasteiger partial charge in [-0.3, -0.25) is 4.79 Å². The normalized spacial score (nSPS) is 13.5. The third-order valence-electron chi connectivity index (χ3n) is 2.72.